The van der Waals surface area contributed by atoms with Crippen molar-refractivity contribution in [3.8, 4) is 0 Å². The van der Waals surface area contributed by atoms with Gasteiger partial charge in [-0.2, -0.15) is 4.31 Å². The number of sulfonamides is 1. The zero-order chi connectivity index (χ0) is 29.6. The summed E-state index contributed by atoms with van der Waals surface area (Å²) in [6.45, 7) is 10.8. The van der Waals surface area contributed by atoms with Crippen LogP contribution in [0.25, 0.3) is 0 Å². The van der Waals surface area contributed by atoms with Gasteiger partial charge in [-0.1, -0.05) is 69.3 Å². The molecule has 1 heterocycles. The zero-order valence-corrected chi connectivity index (χ0v) is 25.1. The van der Waals surface area contributed by atoms with Gasteiger partial charge in [0.2, 0.25) is 16.1 Å². The molecule has 2 aliphatic rings. The van der Waals surface area contributed by atoms with Crippen LogP contribution in [0.3, 0.4) is 0 Å². The van der Waals surface area contributed by atoms with Crippen LogP contribution in [0.4, 0.5) is 5.69 Å². The molecule has 3 aromatic rings. The van der Waals surface area contributed by atoms with Gasteiger partial charge in [0, 0.05) is 23.8 Å². The fraction of sp³-hybridized carbons (Fsp3) is 0.394. The molecule has 1 aliphatic heterocycles. The molecule has 7 nitrogen and oxygen atoms in total. The van der Waals surface area contributed by atoms with Gasteiger partial charge in [-0.05, 0) is 79.3 Å². The number of hydrogen-bond donors (Lipinski definition) is 1. The largest absolute Gasteiger partial charge is 0.444 e. The van der Waals surface area contributed by atoms with Gasteiger partial charge in [0.1, 0.15) is 0 Å². The molecule has 5 rings (SSSR count). The molecular weight excluding hydrogens is 536 g/mol. The van der Waals surface area contributed by atoms with Gasteiger partial charge in [0.25, 0.3) is 5.91 Å². The maximum Gasteiger partial charge on any atom is 0.339 e. The Labute approximate surface area is 243 Å². The molecule has 1 saturated heterocycles. The molecule has 2 bridgehead atoms. The number of hydrogen-bond acceptors (Lipinski definition) is 5. The third-order valence-corrected chi connectivity index (χ3v) is 10.2. The molecule has 2 fully saturated rings. The van der Waals surface area contributed by atoms with Gasteiger partial charge in [-0.25, -0.2) is 13.2 Å². The smallest absolute Gasteiger partial charge is 0.339 e. The number of carbonyl (C=O) groups excluding carboxylic acids is 2. The first-order chi connectivity index (χ1) is 19.3. The Morgan fingerprint density at radius 3 is 2.41 bits per heavy atom. The number of fused-ring (bicyclic) bond motifs is 2. The lowest BCUT2D eigenvalue weighted by molar-refractivity contribution is -0.125. The quantitative estimate of drug-likeness (QED) is 0.328. The fourth-order valence-electron chi connectivity index (χ4n) is 6.75. The molecule has 1 N–H and O–H groups in total. The molecule has 216 valence electrons. The number of aryl methyl sites for hydroxylation is 2. The molecule has 1 aliphatic carbocycles. The van der Waals surface area contributed by atoms with E-state index in [-0.39, 0.29) is 27.3 Å². The lowest BCUT2D eigenvalue weighted by Gasteiger charge is -2.39. The van der Waals surface area contributed by atoms with Crippen LogP contribution in [0.2, 0.25) is 0 Å². The van der Waals surface area contributed by atoms with Gasteiger partial charge < -0.3 is 10.1 Å². The Hall–Kier alpha value is -3.49. The molecule has 0 aromatic heterocycles. The first-order valence-electron chi connectivity index (χ1n) is 14.0. The normalized spacial score (nSPS) is 22.6. The summed E-state index contributed by atoms with van der Waals surface area (Å²) in [4.78, 5) is 26.9. The molecule has 3 atom stereocenters. The van der Waals surface area contributed by atoms with E-state index in [0.717, 1.165) is 30.4 Å². The van der Waals surface area contributed by atoms with Crippen molar-refractivity contribution in [2.24, 2.45) is 10.8 Å². The lowest BCUT2D eigenvalue weighted by Crippen LogP contribution is -2.37. The second kappa shape index (κ2) is 10.7. The summed E-state index contributed by atoms with van der Waals surface area (Å²) >= 11 is 0. The first kappa shape index (κ1) is 29.0. The number of nitrogens with zero attached hydrogens (tertiary/aromatic N) is 1. The summed E-state index contributed by atoms with van der Waals surface area (Å²) in [6.07, 6.45) is 1.38. The number of anilines is 1. The maximum atomic E-state index is 13.8. The average Bonchev–Trinajstić information content (AvgIpc) is 3.18. The van der Waals surface area contributed by atoms with E-state index < -0.39 is 28.0 Å². The van der Waals surface area contributed by atoms with Crippen LogP contribution in [-0.2, 0) is 19.6 Å². The number of ether oxygens (including phenoxy) is 1. The third-order valence-electron chi connectivity index (χ3n) is 8.26. The van der Waals surface area contributed by atoms with Gasteiger partial charge >= 0.3 is 5.97 Å². The molecule has 1 amide bonds. The number of carbonyl (C=O) groups is 2. The Morgan fingerprint density at radius 1 is 0.951 bits per heavy atom. The van der Waals surface area contributed by atoms with Crippen LogP contribution >= 0.6 is 0 Å². The molecule has 41 heavy (non-hydrogen) atoms. The van der Waals surface area contributed by atoms with E-state index in [0.29, 0.717) is 17.8 Å². The van der Waals surface area contributed by atoms with Crippen molar-refractivity contribution < 1.29 is 22.7 Å². The van der Waals surface area contributed by atoms with Crippen molar-refractivity contribution >= 4 is 27.6 Å². The van der Waals surface area contributed by atoms with E-state index in [2.05, 4.69) is 26.1 Å². The molecule has 1 saturated carbocycles. The topological polar surface area (TPSA) is 92.8 Å². The fourth-order valence-corrected chi connectivity index (χ4v) is 8.57. The van der Waals surface area contributed by atoms with Crippen LogP contribution in [-0.4, -0.2) is 37.2 Å². The van der Waals surface area contributed by atoms with Crippen molar-refractivity contribution in [2.45, 2.75) is 70.9 Å². The highest BCUT2D eigenvalue weighted by Gasteiger charge is 2.53. The second-order valence-corrected chi connectivity index (χ2v) is 14.7. The number of rotatable bonds is 7. The minimum Gasteiger partial charge on any atom is -0.444 e. The van der Waals surface area contributed by atoms with Gasteiger partial charge in [0.15, 0.2) is 0 Å². The molecule has 3 aromatic carbocycles. The van der Waals surface area contributed by atoms with Crippen LogP contribution in [0, 0.1) is 24.7 Å². The predicted octanol–water partition coefficient (Wildman–Crippen LogP) is 6.43. The Bertz CT molecular complexity index is 1580. The maximum absolute atomic E-state index is 13.8. The summed E-state index contributed by atoms with van der Waals surface area (Å²) in [6, 6.07) is 20.4. The predicted molar refractivity (Wildman–Crippen MR) is 159 cm³/mol. The Kier molecular flexibility index (Phi) is 7.59. The van der Waals surface area contributed by atoms with Gasteiger partial charge in [-0.15, -0.1) is 0 Å². The van der Waals surface area contributed by atoms with Gasteiger partial charge in [0.05, 0.1) is 10.5 Å². The number of nitrogens with one attached hydrogen (secondary N) is 1. The van der Waals surface area contributed by atoms with Crippen LogP contribution in [0.1, 0.15) is 73.2 Å². The van der Waals surface area contributed by atoms with Crippen LogP contribution in [0.5, 0.6) is 0 Å². The SMILES string of the molecule is Cc1ccc(C)c(NC(=O)[C@H](OC(=O)c2cccc(S(=O)(=O)N3C[C@]4(C)C[C@@H]3CC(C)(C)C4)c2)c2ccccc2)c1. The minimum atomic E-state index is -3.84. The number of amides is 1. The highest BCUT2D eigenvalue weighted by Crippen LogP contribution is 2.53. The Morgan fingerprint density at radius 2 is 1.68 bits per heavy atom. The van der Waals surface area contributed by atoms with E-state index in [1.165, 1.54) is 18.2 Å². The number of esters is 1. The van der Waals surface area contributed by atoms with Crippen molar-refractivity contribution in [1.82, 2.24) is 4.31 Å². The Balaban J connectivity index is 1.40. The van der Waals surface area contributed by atoms with E-state index >= 15 is 0 Å². The molecule has 8 heteroatoms. The summed E-state index contributed by atoms with van der Waals surface area (Å²) in [7, 11) is -3.84. The minimum absolute atomic E-state index is 0.0528. The summed E-state index contributed by atoms with van der Waals surface area (Å²) in [5.74, 6) is -1.28. The molecular formula is C33H38N2O5S. The molecule has 0 unspecified atom stereocenters. The third kappa shape index (κ3) is 6.09. The monoisotopic (exact) mass is 574 g/mol. The zero-order valence-electron chi connectivity index (χ0n) is 24.3. The van der Waals surface area contributed by atoms with Crippen molar-refractivity contribution in [3.63, 3.8) is 0 Å². The van der Waals surface area contributed by atoms with E-state index in [1.807, 2.05) is 38.1 Å². The summed E-state index contributed by atoms with van der Waals surface area (Å²) in [5.41, 5.74) is 3.07. The van der Waals surface area contributed by atoms with Crippen LogP contribution < -0.4 is 5.32 Å². The summed E-state index contributed by atoms with van der Waals surface area (Å²) < 4.78 is 35.1. The first-order valence-corrected chi connectivity index (χ1v) is 15.5. The highest BCUT2D eigenvalue weighted by molar-refractivity contribution is 7.89. The average molecular weight is 575 g/mol. The lowest BCUT2D eigenvalue weighted by atomic mass is 9.65. The molecule has 0 radical (unpaired) electrons. The van der Waals surface area contributed by atoms with Crippen molar-refractivity contribution in [1.29, 1.82) is 0 Å². The van der Waals surface area contributed by atoms with Crippen molar-refractivity contribution in [2.75, 3.05) is 11.9 Å². The standard InChI is InChI=1S/C33H38N2O5S/c1-22-14-15-23(2)28(16-22)34-30(36)29(24-10-7-6-8-11-24)40-31(37)25-12-9-13-27(17-25)41(38,39)35-21-33(5)19-26(35)18-32(3,4)20-33/h6-17,26,29H,18-21H2,1-5H3,(H,34,36)/t26-,29+,33+/m0/s1. The van der Waals surface area contributed by atoms with Crippen LogP contribution in [0.15, 0.2) is 77.7 Å². The van der Waals surface area contributed by atoms with Gasteiger partial charge in [-0.3, -0.25) is 4.79 Å². The second-order valence-electron chi connectivity index (χ2n) is 12.8. The molecule has 0 spiro atoms. The highest BCUT2D eigenvalue weighted by atomic mass is 32.2. The summed E-state index contributed by atoms with van der Waals surface area (Å²) in [5, 5.41) is 2.89. The van der Waals surface area contributed by atoms with E-state index in [9.17, 15) is 18.0 Å². The van der Waals surface area contributed by atoms with Crippen molar-refractivity contribution in [3.05, 3.63) is 95.1 Å². The number of benzene rings is 3. The van der Waals surface area contributed by atoms with E-state index in [1.54, 1.807) is 34.6 Å². The van der Waals surface area contributed by atoms with E-state index in [4.69, 9.17) is 4.74 Å².